The minimum absolute atomic E-state index is 0.289. The molecule has 1 fully saturated rings. The second kappa shape index (κ2) is 4.72. The maximum Gasteiger partial charge on any atom is 0.325 e. The Morgan fingerprint density at radius 1 is 1.26 bits per heavy atom. The van der Waals surface area contributed by atoms with Crippen molar-refractivity contribution in [1.82, 2.24) is 10.2 Å². The van der Waals surface area contributed by atoms with Gasteiger partial charge in [-0.25, -0.2) is 4.79 Å². The fraction of sp³-hybridized carbons (Fsp3) is 0.308. The van der Waals surface area contributed by atoms with Crippen LogP contribution in [-0.4, -0.2) is 34.8 Å². The van der Waals surface area contributed by atoms with Gasteiger partial charge in [0.2, 0.25) is 5.91 Å². The van der Waals surface area contributed by atoms with Crippen LogP contribution in [0.15, 0.2) is 30.3 Å². The van der Waals surface area contributed by atoms with Crippen LogP contribution in [0.25, 0.3) is 0 Å². The number of anilines is 1. The van der Waals surface area contributed by atoms with Gasteiger partial charge in [0.15, 0.2) is 0 Å². The van der Waals surface area contributed by atoms with Crippen molar-refractivity contribution in [3.8, 4) is 0 Å². The topological polar surface area (TPSA) is 78.5 Å². The smallest absolute Gasteiger partial charge is 0.325 e. The van der Waals surface area contributed by atoms with Crippen molar-refractivity contribution in [1.29, 1.82) is 0 Å². The van der Waals surface area contributed by atoms with Gasteiger partial charge < -0.3 is 10.6 Å². The van der Waals surface area contributed by atoms with Gasteiger partial charge >= 0.3 is 6.03 Å². The van der Waals surface area contributed by atoms with E-state index in [0.717, 1.165) is 4.90 Å². The Hall–Kier alpha value is -2.37. The zero-order valence-corrected chi connectivity index (χ0v) is 10.8. The Bertz CT molecular complexity index is 525. The Kier molecular flexibility index (Phi) is 3.25. The molecule has 2 rings (SSSR count). The maximum atomic E-state index is 11.9. The molecule has 0 atom stereocenters. The number of para-hydroxylation sites is 1. The molecule has 0 spiro atoms. The number of benzene rings is 1. The van der Waals surface area contributed by atoms with E-state index in [-0.39, 0.29) is 6.54 Å². The average molecular weight is 261 g/mol. The monoisotopic (exact) mass is 261 g/mol. The zero-order valence-electron chi connectivity index (χ0n) is 10.8. The van der Waals surface area contributed by atoms with E-state index in [9.17, 15) is 14.4 Å². The van der Waals surface area contributed by atoms with E-state index in [1.807, 2.05) is 6.07 Å². The second-order valence-corrected chi connectivity index (χ2v) is 4.86. The van der Waals surface area contributed by atoms with Crippen molar-refractivity contribution in [2.75, 3.05) is 11.9 Å². The first kappa shape index (κ1) is 13.1. The minimum atomic E-state index is -0.954. The summed E-state index contributed by atoms with van der Waals surface area (Å²) in [7, 11) is 0. The number of hydrogen-bond acceptors (Lipinski definition) is 3. The molecule has 0 saturated carbocycles. The van der Waals surface area contributed by atoms with E-state index in [2.05, 4.69) is 10.6 Å². The van der Waals surface area contributed by atoms with Crippen molar-refractivity contribution >= 4 is 23.5 Å². The van der Waals surface area contributed by atoms with Gasteiger partial charge in [0.25, 0.3) is 5.91 Å². The second-order valence-electron chi connectivity index (χ2n) is 4.86. The van der Waals surface area contributed by atoms with Crippen LogP contribution in [0, 0.1) is 0 Å². The Morgan fingerprint density at radius 2 is 1.89 bits per heavy atom. The van der Waals surface area contributed by atoms with Crippen molar-refractivity contribution in [2.24, 2.45) is 0 Å². The number of amides is 4. The van der Waals surface area contributed by atoms with E-state index in [1.54, 1.807) is 38.1 Å². The van der Waals surface area contributed by atoms with Crippen LogP contribution in [0.2, 0.25) is 0 Å². The molecular weight excluding hydrogens is 246 g/mol. The summed E-state index contributed by atoms with van der Waals surface area (Å²) in [5.74, 6) is -0.812. The molecule has 0 aromatic heterocycles. The van der Waals surface area contributed by atoms with Crippen LogP contribution < -0.4 is 10.6 Å². The lowest BCUT2D eigenvalue weighted by Gasteiger charge is -2.15. The highest BCUT2D eigenvalue weighted by Gasteiger charge is 2.44. The maximum absolute atomic E-state index is 11.9. The summed E-state index contributed by atoms with van der Waals surface area (Å²) in [5.41, 5.74) is -0.330. The molecule has 1 heterocycles. The highest BCUT2D eigenvalue weighted by atomic mass is 16.2. The summed E-state index contributed by atoms with van der Waals surface area (Å²) in [4.78, 5) is 36.2. The number of urea groups is 1. The van der Waals surface area contributed by atoms with Crippen molar-refractivity contribution in [2.45, 2.75) is 19.4 Å². The molecule has 2 N–H and O–H groups in total. The molecule has 1 aromatic rings. The van der Waals surface area contributed by atoms with Gasteiger partial charge in [-0.1, -0.05) is 18.2 Å². The molecule has 19 heavy (non-hydrogen) atoms. The van der Waals surface area contributed by atoms with E-state index in [4.69, 9.17) is 0 Å². The zero-order chi connectivity index (χ0) is 14.0. The van der Waals surface area contributed by atoms with Gasteiger partial charge in [-0.2, -0.15) is 0 Å². The summed E-state index contributed by atoms with van der Waals surface area (Å²) < 4.78 is 0. The van der Waals surface area contributed by atoms with Gasteiger partial charge in [0.1, 0.15) is 12.1 Å². The summed E-state index contributed by atoms with van der Waals surface area (Å²) >= 11 is 0. The normalized spacial score (nSPS) is 17.3. The van der Waals surface area contributed by atoms with E-state index in [0.29, 0.717) is 5.69 Å². The molecule has 1 aliphatic rings. The molecule has 100 valence electrons. The third kappa shape index (κ3) is 2.73. The summed E-state index contributed by atoms with van der Waals surface area (Å²) in [6.07, 6.45) is 0. The first-order valence-corrected chi connectivity index (χ1v) is 5.89. The first-order valence-electron chi connectivity index (χ1n) is 5.89. The lowest BCUT2D eigenvalue weighted by atomic mass is 10.1. The molecule has 1 saturated heterocycles. The number of carbonyl (C=O) groups is 3. The number of nitrogens with one attached hydrogen (secondary N) is 2. The molecule has 6 nitrogen and oxygen atoms in total. The number of hydrogen-bond donors (Lipinski definition) is 2. The van der Waals surface area contributed by atoms with E-state index < -0.39 is 23.4 Å². The number of imide groups is 1. The van der Waals surface area contributed by atoms with E-state index >= 15 is 0 Å². The molecule has 0 unspecified atom stereocenters. The van der Waals surface area contributed by atoms with Gasteiger partial charge in [-0.15, -0.1) is 0 Å². The quantitative estimate of drug-likeness (QED) is 0.795. The third-order valence-corrected chi connectivity index (χ3v) is 2.80. The molecule has 0 aliphatic carbocycles. The van der Waals surface area contributed by atoms with Gasteiger partial charge in [0, 0.05) is 5.69 Å². The fourth-order valence-electron chi connectivity index (χ4n) is 1.83. The van der Waals surface area contributed by atoms with Crippen molar-refractivity contribution in [3.63, 3.8) is 0 Å². The Labute approximate surface area is 110 Å². The van der Waals surface area contributed by atoms with Crippen LogP contribution in [0.1, 0.15) is 13.8 Å². The average Bonchev–Trinajstić information content (AvgIpc) is 2.53. The van der Waals surface area contributed by atoms with Crippen LogP contribution in [0.5, 0.6) is 0 Å². The van der Waals surface area contributed by atoms with Crippen molar-refractivity contribution < 1.29 is 14.4 Å². The van der Waals surface area contributed by atoms with Crippen molar-refractivity contribution in [3.05, 3.63) is 30.3 Å². The molecule has 1 aromatic carbocycles. The Balaban J connectivity index is 2.00. The predicted molar refractivity (Wildman–Crippen MR) is 69.4 cm³/mol. The number of nitrogens with zero attached hydrogens (tertiary/aromatic N) is 1. The molecular formula is C13H15N3O3. The predicted octanol–water partition coefficient (Wildman–Crippen LogP) is 0.955. The van der Waals surface area contributed by atoms with Crippen LogP contribution in [-0.2, 0) is 9.59 Å². The van der Waals surface area contributed by atoms with Gasteiger partial charge in [-0.3, -0.25) is 14.5 Å². The molecule has 0 radical (unpaired) electrons. The highest BCUT2D eigenvalue weighted by Crippen LogP contribution is 2.16. The SMILES string of the molecule is CC1(C)NC(=O)N(CC(=O)Nc2ccccc2)C1=O. The molecule has 1 aliphatic heterocycles. The molecule has 4 amide bonds. The first-order chi connectivity index (χ1) is 8.90. The van der Waals surface area contributed by atoms with Crippen LogP contribution in [0.3, 0.4) is 0 Å². The molecule has 0 bridgehead atoms. The van der Waals surface area contributed by atoms with Crippen LogP contribution >= 0.6 is 0 Å². The largest absolute Gasteiger partial charge is 0.325 e. The Morgan fingerprint density at radius 3 is 2.42 bits per heavy atom. The number of rotatable bonds is 3. The standard InChI is InChI=1S/C13H15N3O3/c1-13(2)11(18)16(12(19)15-13)8-10(17)14-9-6-4-3-5-7-9/h3-7H,8H2,1-2H3,(H,14,17)(H,15,19). The fourth-order valence-corrected chi connectivity index (χ4v) is 1.83. The summed E-state index contributed by atoms with van der Waals surface area (Å²) in [5, 5.41) is 5.14. The lowest BCUT2D eigenvalue weighted by molar-refractivity contribution is -0.132. The van der Waals surface area contributed by atoms with Gasteiger partial charge in [-0.05, 0) is 26.0 Å². The summed E-state index contributed by atoms with van der Waals surface area (Å²) in [6.45, 7) is 2.91. The van der Waals surface area contributed by atoms with E-state index in [1.165, 1.54) is 0 Å². The molecule has 6 heteroatoms. The third-order valence-electron chi connectivity index (χ3n) is 2.80. The minimum Gasteiger partial charge on any atom is -0.325 e. The van der Waals surface area contributed by atoms with Crippen LogP contribution in [0.4, 0.5) is 10.5 Å². The lowest BCUT2D eigenvalue weighted by Crippen LogP contribution is -2.41. The summed E-state index contributed by atoms with van der Waals surface area (Å²) in [6, 6.07) is 8.31. The van der Waals surface area contributed by atoms with Gasteiger partial charge in [0.05, 0.1) is 0 Å². The highest BCUT2D eigenvalue weighted by molar-refractivity contribution is 6.09. The number of carbonyl (C=O) groups excluding carboxylic acids is 3.